The SMILES string of the molecule is CC(C)(C)OC(=O)c1ccc(S(N)(=O)=O)c(N)c1. The van der Waals surface area contributed by atoms with Crippen molar-refractivity contribution in [3.05, 3.63) is 23.8 Å². The average Bonchev–Trinajstić information content (AvgIpc) is 2.12. The largest absolute Gasteiger partial charge is 0.456 e. The van der Waals surface area contributed by atoms with Gasteiger partial charge in [-0.3, -0.25) is 0 Å². The molecule has 0 radical (unpaired) electrons. The van der Waals surface area contributed by atoms with Gasteiger partial charge < -0.3 is 10.5 Å². The summed E-state index contributed by atoms with van der Waals surface area (Å²) < 4.78 is 27.4. The maximum absolute atomic E-state index is 11.7. The lowest BCUT2D eigenvalue weighted by Gasteiger charge is -2.19. The van der Waals surface area contributed by atoms with Crippen molar-refractivity contribution in [3.8, 4) is 0 Å². The topological polar surface area (TPSA) is 112 Å². The fourth-order valence-corrected chi connectivity index (χ4v) is 1.92. The third-order valence-corrected chi connectivity index (χ3v) is 2.94. The molecule has 100 valence electrons. The molecule has 7 heteroatoms. The van der Waals surface area contributed by atoms with Gasteiger partial charge in [-0.05, 0) is 39.0 Å². The second kappa shape index (κ2) is 4.58. The van der Waals surface area contributed by atoms with Gasteiger partial charge in [0.25, 0.3) is 0 Å². The van der Waals surface area contributed by atoms with E-state index in [2.05, 4.69) is 0 Å². The summed E-state index contributed by atoms with van der Waals surface area (Å²) in [6.45, 7) is 5.19. The zero-order valence-electron chi connectivity index (χ0n) is 10.4. The number of nitrogen functional groups attached to an aromatic ring is 1. The van der Waals surface area contributed by atoms with E-state index in [9.17, 15) is 13.2 Å². The van der Waals surface area contributed by atoms with Crippen LogP contribution < -0.4 is 10.9 Å². The van der Waals surface area contributed by atoms with E-state index in [1.54, 1.807) is 20.8 Å². The summed E-state index contributed by atoms with van der Waals surface area (Å²) in [4.78, 5) is 11.5. The summed E-state index contributed by atoms with van der Waals surface area (Å²) in [6.07, 6.45) is 0. The first-order valence-electron chi connectivity index (χ1n) is 5.16. The molecule has 0 aliphatic heterocycles. The van der Waals surface area contributed by atoms with Gasteiger partial charge in [-0.15, -0.1) is 0 Å². The Morgan fingerprint density at radius 1 is 1.28 bits per heavy atom. The zero-order chi connectivity index (χ0) is 14.1. The summed E-state index contributed by atoms with van der Waals surface area (Å²) in [6, 6.07) is 3.72. The molecule has 0 aliphatic carbocycles. The van der Waals surface area contributed by atoms with E-state index >= 15 is 0 Å². The number of hydrogen-bond donors (Lipinski definition) is 2. The summed E-state index contributed by atoms with van der Waals surface area (Å²) in [5.41, 5.74) is 5.00. The molecule has 1 rings (SSSR count). The number of sulfonamides is 1. The number of esters is 1. The normalized spacial score (nSPS) is 12.2. The lowest BCUT2D eigenvalue weighted by molar-refractivity contribution is 0.00695. The van der Waals surface area contributed by atoms with Crippen molar-refractivity contribution in [2.24, 2.45) is 5.14 Å². The summed E-state index contributed by atoms with van der Waals surface area (Å²) >= 11 is 0. The van der Waals surface area contributed by atoms with Gasteiger partial charge in [-0.1, -0.05) is 0 Å². The Kier molecular flexibility index (Phi) is 3.68. The van der Waals surface area contributed by atoms with Gasteiger partial charge in [-0.2, -0.15) is 0 Å². The predicted molar refractivity (Wildman–Crippen MR) is 67.4 cm³/mol. The fourth-order valence-electron chi connectivity index (χ4n) is 1.27. The van der Waals surface area contributed by atoms with E-state index in [1.165, 1.54) is 18.2 Å². The second-order valence-corrected chi connectivity index (χ2v) is 6.33. The van der Waals surface area contributed by atoms with Crippen LogP contribution in [-0.2, 0) is 14.8 Å². The maximum atomic E-state index is 11.7. The van der Waals surface area contributed by atoms with Gasteiger partial charge in [0.05, 0.1) is 11.3 Å². The molecule has 0 unspecified atom stereocenters. The highest BCUT2D eigenvalue weighted by Gasteiger charge is 2.20. The van der Waals surface area contributed by atoms with Crippen LogP contribution in [0, 0.1) is 0 Å². The van der Waals surface area contributed by atoms with Gasteiger partial charge >= 0.3 is 5.97 Å². The highest BCUT2D eigenvalue weighted by molar-refractivity contribution is 7.89. The lowest BCUT2D eigenvalue weighted by Crippen LogP contribution is -2.24. The Bertz CT molecular complexity index is 573. The quantitative estimate of drug-likeness (QED) is 0.612. The molecule has 6 nitrogen and oxygen atoms in total. The van der Waals surface area contributed by atoms with Crippen molar-refractivity contribution in [3.63, 3.8) is 0 Å². The van der Waals surface area contributed by atoms with Crippen LogP contribution in [0.4, 0.5) is 5.69 Å². The molecule has 0 bridgehead atoms. The van der Waals surface area contributed by atoms with Gasteiger partial charge in [0.2, 0.25) is 10.0 Å². The van der Waals surface area contributed by atoms with Crippen LogP contribution in [0.25, 0.3) is 0 Å². The molecule has 0 spiro atoms. The fraction of sp³-hybridized carbons (Fsp3) is 0.364. The highest BCUT2D eigenvalue weighted by Crippen LogP contribution is 2.20. The molecule has 1 aromatic carbocycles. The third-order valence-electron chi connectivity index (χ3n) is 1.95. The van der Waals surface area contributed by atoms with Crippen LogP contribution in [0.2, 0.25) is 0 Å². The molecule has 4 N–H and O–H groups in total. The smallest absolute Gasteiger partial charge is 0.338 e. The van der Waals surface area contributed by atoms with E-state index in [0.29, 0.717) is 0 Å². The molecule has 0 amide bonds. The number of benzene rings is 1. The Balaban J connectivity index is 3.10. The van der Waals surface area contributed by atoms with Crippen LogP contribution in [0.3, 0.4) is 0 Å². The van der Waals surface area contributed by atoms with Crippen molar-refractivity contribution in [2.75, 3.05) is 5.73 Å². The minimum absolute atomic E-state index is 0.0825. The van der Waals surface area contributed by atoms with Crippen LogP contribution in [0.1, 0.15) is 31.1 Å². The van der Waals surface area contributed by atoms with E-state index in [4.69, 9.17) is 15.6 Å². The number of anilines is 1. The first-order valence-corrected chi connectivity index (χ1v) is 6.71. The third kappa shape index (κ3) is 3.71. The van der Waals surface area contributed by atoms with Crippen molar-refractivity contribution >= 4 is 21.7 Å². The number of carbonyl (C=O) groups is 1. The van der Waals surface area contributed by atoms with E-state index in [0.717, 1.165) is 0 Å². The number of nitrogens with two attached hydrogens (primary N) is 2. The van der Waals surface area contributed by atoms with Crippen molar-refractivity contribution in [2.45, 2.75) is 31.3 Å². The lowest BCUT2D eigenvalue weighted by atomic mass is 10.1. The minimum Gasteiger partial charge on any atom is -0.456 e. The van der Waals surface area contributed by atoms with Crippen molar-refractivity contribution < 1.29 is 17.9 Å². The molecular formula is C11H16N2O4S. The molecule has 0 aromatic heterocycles. The summed E-state index contributed by atoms with van der Waals surface area (Å²) in [5.74, 6) is -0.574. The Hall–Kier alpha value is -1.60. The van der Waals surface area contributed by atoms with Crippen LogP contribution >= 0.6 is 0 Å². The maximum Gasteiger partial charge on any atom is 0.338 e. The van der Waals surface area contributed by atoms with Gasteiger partial charge in [0.15, 0.2) is 0 Å². The molecule has 18 heavy (non-hydrogen) atoms. The Morgan fingerprint density at radius 3 is 2.22 bits per heavy atom. The highest BCUT2D eigenvalue weighted by atomic mass is 32.2. The standard InChI is InChI=1S/C11H16N2O4S/c1-11(2,3)17-10(14)7-4-5-9(8(12)6-7)18(13,15)16/h4-6H,12H2,1-3H3,(H2,13,15,16). The number of rotatable bonds is 2. The van der Waals surface area contributed by atoms with Gasteiger partial charge in [-0.25, -0.2) is 18.4 Å². The van der Waals surface area contributed by atoms with Crippen LogP contribution in [0.15, 0.2) is 23.1 Å². The number of ether oxygens (including phenoxy) is 1. The van der Waals surface area contributed by atoms with Crippen LogP contribution in [-0.4, -0.2) is 20.0 Å². The van der Waals surface area contributed by atoms with Crippen LogP contribution in [0.5, 0.6) is 0 Å². The van der Waals surface area contributed by atoms with Gasteiger partial charge in [0.1, 0.15) is 10.5 Å². The number of carbonyl (C=O) groups excluding carboxylic acids is 1. The second-order valence-electron chi connectivity index (χ2n) is 4.80. The van der Waals surface area contributed by atoms with Crippen molar-refractivity contribution in [1.29, 1.82) is 0 Å². The molecular weight excluding hydrogens is 256 g/mol. The number of hydrogen-bond acceptors (Lipinski definition) is 5. The average molecular weight is 272 g/mol. The molecule has 0 aliphatic rings. The summed E-state index contributed by atoms with van der Waals surface area (Å²) in [5, 5.41) is 4.96. The van der Waals surface area contributed by atoms with Crippen molar-refractivity contribution in [1.82, 2.24) is 0 Å². The molecule has 0 heterocycles. The Morgan fingerprint density at radius 2 is 1.83 bits per heavy atom. The molecule has 0 atom stereocenters. The molecule has 0 saturated heterocycles. The monoisotopic (exact) mass is 272 g/mol. The molecule has 1 aromatic rings. The minimum atomic E-state index is -3.89. The number of primary sulfonamides is 1. The zero-order valence-corrected chi connectivity index (χ0v) is 11.2. The van der Waals surface area contributed by atoms with E-state index < -0.39 is 21.6 Å². The predicted octanol–water partition coefficient (Wildman–Crippen LogP) is 0.872. The van der Waals surface area contributed by atoms with Gasteiger partial charge in [0, 0.05) is 0 Å². The first kappa shape index (κ1) is 14.5. The van der Waals surface area contributed by atoms with E-state index in [1.807, 2.05) is 0 Å². The van der Waals surface area contributed by atoms with E-state index in [-0.39, 0.29) is 16.1 Å². The Labute approximate surface area is 106 Å². The molecule has 0 fully saturated rings. The molecule has 0 saturated carbocycles. The summed E-state index contributed by atoms with van der Waals surface area (Å²) in [7, 11) is -3.89. The first-order chi connectivity index (χ1) is 8.00.